The van der Waals surface area contributed by atoms with E-state index in [0.717, 1.165) is 0 Å². The van der Waals surface area contributed by atoms with Gasteiger partial charge in [0.25, 0.3) is 5.91 Å². The van der Waals surface area contributed by atoms with Crippen molar-refractivity contribution in [1.29, 1.82) is 0 Å². The van der Waals surface area contributed by atoms with E-state index in [1.54, 1.807) is 7.05 Å². The lowest BCUT2D eigenvalue weighted by molar-refractivity contribution is 0.0590. The number of carbonyl (C=O) groups excluding carboxylic acids is 2. The van der Waals surface area contributed by atoms with Gasteiger partial charge >= 0.3 is 5.97 Å². The standard InChI is InChI=1S/C11H16N2O4/c1-5-7-8(11(15)16-4)9(12-17-7)10(14)13(3)6-2/h5-6H2,1-4H3. The fourth-order valence-corrected chi connectivity index (χ4v) is 1.35. The Labute approximate surface area is 99.5 Å². The summed E-state index contributed by atoms with van der Waals surface area (Å²) < 4.78 is 9.62. The van der Waals surface area contributed by atoms with Gasteiger partial charge in [-0.3, -0.25) is 4.79 Å². The van der Waals surface area contributed by atoms with E-state index in [-0.39, 0.29) is 17.2 Å². The Hall–Kier alpha value is -1.85. The number of aryl methyl sites for hydroxylation is 1. The summed E-state index contributed by atoms with van der Waals surface area (Å²) in [5.74, 6) is -0.586. The molecule has 1 aromatic rings. The molecule has 0 bridgehead atoms. The van der Waals surface area contributed by atoms with Gasteiger partial charge in [-0.15, -0.1) is 0 Å². The van der Waals surface area contributed by atoms with E-state index in [1.165, 1.54) is 12.0 Å². The van der Waals surface area contributed by atoms with Crippen LogP contribution in [0.15, 0.2) is 4.52 Å². The maximum Gasteiger partial charge on any atom is 0.343 e. The number of hydrogen-bond donors (Lipinski definition) is 0. The molecule has 0 spiro atoms. The highest BCUT2D eigenvalue weighted by molar-refractivity contribution is 6.04. The van der Waals surface area contributed by atoms with Crippen molar-refractivity contribution in [2.75, 3.05) is 20.7 Å². The number of hydrogen-bond acceptors (Lipinski definition) is 5. The average molecular weight is 240 g/mol. The minimum Gasteiger partial charge on any atom is -0.465 e. The maximum atomic E-state index is 11.9. The molecule has 0 aliphatic carbocycles. The molecular weight excluding hydrogens is 224 g/mol. The topological polar surface area (TPSA) is 72.6 Å². The summed E-state index contributed by atoms with van der Waals surface area (Å²) in [5, 5.41) is 3.66. The number of amides is 1. The summed E-state index contributed by atoms with van der Waals surface area (Å²) >= 11 is 0. The largest absolute Gasteiger partial charge is 0.465 e. The number of aromatic nitrogens is 1. The van der Waals surface area contributed by atoms with Crippen molar-refractivity contribution in [1.82, 2.24) is 10.1 Å². The zero-order chi connectivity index (χ0) is 13.0. The zero-order valence-corrected chi connectivity index (χ0v) is 10.4. The molecule has 1 amide bonds. The Bertz CT molecular complexity index is 425. The molecule has 94 valence electrons. The molecule has 0 fully saturated rings. The van der Waals surface area contributed by atoms with Crippen LogP contribution in [0.3, 0.4) is 0 Å². The Balaban J connectivity index is 3.20. The van der Waals surface area contributed by atoms with Crippen molar-refractivity contribution >= 4 is 11.9 Å². The molecule has 0 N–H and O–H groups in total. The molecule has 1 aromatic heterocycles. The molecule has 0 atom stereocenters. The van der Waals surface area contributed by atoms with Crippen LogP contribution in [0.5, 0.6) is 0 Å². The molecule has 6 heteroatoms. The number of ether oxygens (including phenoxy) is 1. The van der Waals surface area contributed by atoms with Crippen molar-refractivity contribution in [3.8, 4) is 0 Å². The monoisotopic (exact) mass is 240 g/mol. The fourth-order valence-electron chi connectivity index (χ4n) is 1.35. The summed E-state index contributed by atoms with van der Waals surface area (Å²) in [6, 6.07) is 0. The Morgan fingerprint density at radius 3 is 2.53 bits per heavy atom. The zero-order valence-electron chi connectivity index (χ0n) is 10.4. The second-order valence-electron chi connectivity index (χ2n) is 3.49. The molecule has 0 unspecified atom stereocenters. The lowest BCUT2D eigenvalue weighted by Gasteiger charge is -2.12. The van der Waals surface area contributed by atoms with E-state index in [4.69, 9.17) is 4.52 Å². The van der Waals surface area contributed by atoms with Crippen molar-refractivity contribution in [2.45, 2.75) is 20.3 Å². The minimum atomic E-state index is -0.601. The summed E-state index contributed by atoms with van der Waals surface area (Å²) in [4.78, 5) is 25.0. The summed E-state index contributed by atoms with van der Waals surface area (Å²) in [6.07, 6.45) is 0.473. The first-order valence-corrected chi connectivity index (χ1v) is 5.39. The molecule has 0 aliphatic heterocycles. The third kappa shape index (κ3) is 2.46. The van der Waals surface area contributed by atoms with Gasteiger partial charge in [0, 0.05) is 20.0 Å². The van der Waals surface area contributed by atoms with Crippen LogP contribution in [0, 0.1) is 0 Å². The number of esters is 1. The van der Waals surface area contributed by atoms with Crippen LogP contribution in [0.2, 0.25) is 0 Å². The van der Waals surface area contributed by atoms with Crippen molar-refractivity contribution < 1.29 is 18.8 Å². The Morgan fingerprint density at radius 1 is 1.41 bits per heavy atom. The molecule has 1 heterocycles. The minimum absolute atomic E-state index is 0.0121. The van der Waals surface area contributed by atoms with E-state index < -0.39 is 5.97 Å². The SMILES string of the molecule is CCc1onc(C(=O)N(C)CC)c1C(=O)OC. The van der Waals surface area contributed by atoms with Gasteiger partial charge in [-0.1, -0.05) is 12.1 Å². The van der Waals surface area contributed by atoms with Gasteiger partial charge in [0.1, 0.15) is 5.56 Å². The number of nitrogens with zero attached hydrogens (tertiary/aromatic N) is 2. The summed E-state index contributed by atoms with van der Waals surface area (Å²) in [7, 11) is 2.89. The molecule has 0 aliphatic rings. The third-order valence-electron chi connectivity index (χ3n) is 2.50. The lowest BCUT2D eigenvalue weighted by atomic mass is 10.1. The van der Waals surface area contributed by atoms with Crippen LogP contribution in [0.25, 0.3) is 0 Å². The van der Waals surface area contributed by atoms with Gasteiger partial charge in [0.2, 0.25) is 0 Å². The first-order chi connectivity index (χ1) is 8.06. The average Bonchev–Trinajstić information content (AvgIpc) is 2.79. The van der Waals surface area contributed by atoms with Crippen LogP contribution in [0.4, 0.5) is 0 Å². The number of carbonyl (C=O) groups is 2. The van der Waals surface area contributed by atoms with Gasteiger partial charge in [0.15, 0.2) is 11.5 Å². The highest BCUT2D eigenvalue weighted by Gasteiger charge is 2.28. The van der Waals surface area contributed by atoms with Crippen LogP contribution >= 0.6 is 0 Å². The lowest BCUT2D eigenvalue weighted by Crippen LogP contribution is -2.28. The summed E-state index contributed by atoms with van der Waals surface area (Å²) in [6.45, 7) is 4.16. The molecule has 0 saturated heterocycles. The van der Waals surface area contributed by atoms with Crippen LogP contribution in [0.1, 0.15) is 40.5 Å². The summed E-state index contributed by atoms with van der Waals surface area (Å²) in [5.41, 5.74) is 0.137. The number of methoxy groups -OCH3 is 1. The van der Waals surface area contributed by atoms with Crippen LogP contribution < -0.4 is 0 Å². The van der Waals surface area contributed by atoms with E-state index >= 15 is 0 Å². The van der Waals surface area contributed by atoms with Gasteiger partial charge in [-0.25, -0.2) is 4.79 Å². The molecule has 6 nitrogen and oxygen atoms in total. The van der Waals surface area contributed by atoms with Gasteiger partial charge < -0.3 is 14.2 Å². The second-order valence-corrected chi connectivity index (χ2v) is 3.49. The second kappa shape index (κ2) is 5.47. The van der Waals surface area contributed by atoms with Crippen molar-refractivity contribution in [3.05, 3.63) is 17.0 Å². The predicted molar refractivity (Wildman–Crippen MR) is 59.9 cm³/mol. The van der Waals surface area contributed by atoms with Gasteiger partial charge in [-0.2, -0.15) is 0 Å². The van der Waals surface area contributed by atoms with Crippen LogP contribution in [-0.4, -0.2) is 42.6 Å². The van der Waals surface area contributed by atoms with E-state index in [2.05, 4.69) is 9.89 Å². The Kier molecular flexibility index (Phi) is 4.25. The van der Waals surface area contributed by atoms with E-state index in [9.17, 15) is 9.59 Å². The first-order valence-electron chi connectivity index (χ1n) is 5.39. The molecule has 0 aromatic carbocycles. The van der Waals surface area contributed by atoms with E-state index in [0.29, 0.717) is 18.7 Å². The third-order valence-corrected chi connectivity index (χ3v) is 2.50. The van der Waals surface area contributed by atoms with Gasteiger partial charge in [0.05, 0.1) is 7.11 Å². The predicted octanol–water partition coefficient (Wildman–Crippen LogP) is 1.12. The fraction of sp³-hybridized carbons (Fsp3) is 0.545. The van der Waals surface area contributed by atoms with Crippen LogP contribution in [-0.2, 0) is 11.2 Å². The van der Waals surface area contributed by atoms with Crippen molar-refractivity contribution in [3.63, 3.8) is 0 Å². The van der Waals surface area contributed by atoms with E-state index in [1.807, 2.05) is 13.8 Å². The van der Waals surface area contributed by atoms with Gasteiger partial charge in [-0.05, 0) is 6.92 Å². The molecule has 17 heavy (non-hydrogen) atoms. The number of rotatable bonds is 4. The molecular formula is C11H16N2O4. The molecule has 0 radical (unpaired) electrons. The first kappa shape index (κ1) is 13.2. The Morgan fingerprint density at radius 2 is 2.06 bits per heavy atom. The normalized spacial score (nSPS) is 10.1. The highest BCUT2D eigenvalue weighted by Crippen LogP contribution is 2.17. The molecule has 0 saturated carbocycles. The smallest absolute Gasteiger partial charge is 0.343 e. The highest BCUT2D eigenvalue weighted by atomic mass is 16.5. The maximum absolute atomic E-state index is 11.9. The van der Waals surface area contributed by atoms with Crippen molar-refractivity contribution in [2.24, 2.45) is 0 Å². The quantitative estimate of drug-likeness (QED) is 0.737. The molecule has 1 rings (SSSR count).